The summed E-state index contributed by atoms with van der Waals surface area (Å²) in [4.78, 5) is 28.0. The van der Waals surface area contributed by atoms with E-state index in [1.165, 1.54) is 0 Å². The van der Waals surface area contributed by atoms with Gasteiger partial charge in [-0.05, 0) is 39.1 Å². The smallest absolute Gasteiger partial charge is 0.320 e. The fraction of sp³-hybridized carbons (Fsp3) is 0.600. The molecule has 0 fully saturated rings. The zero-order valence-electron chi connectivity index (χ0n) is 13.1. The van der Waals surface area contributed by atoms with Gasteiger partial charge in [-0.3, -0.25) is 4.79 Å². The van der Waals surface area contributed by atoms with Crippen molar-refractivity contribution in [2.24, 2.45) is 0 Å². The lowest BCUT2D eigenvalue weighted by Gasteiger charge is -2.35. The lowest BCUT2D eigenvalue weighted by molar-refractivity contribution is -0.137. The second-order valence-electron chi connectivity index (χ2n) is 5.51. The normalized spacial score (nSPS) is 11.0. The molecule has 0 spiro atoms. The van der Waals surface area contributed by atoms with E-state index in [1.807, 2.05) is 45.2 Å². The number of carboxylic acids is 1. The zero-order chi connectivity index (χ0) is 16.0. The van der Waals surface area contributed by atoms with E-state index < -0.39 is 5.97 Å². The highest BCUT2D eigenvalue weighted by molar-refractivity contribution is 7.09. The molecule has 21 heavy (non-hydrogen) atoms. The van der Waals surface area contributed by atoms with Crippen molar-refractivity contribution < 1.29 is 14.7 Å². The summed E-state index contributed by atoms with van der Waals surface area (Å²) in [6.07, 6.45) is -0.0329. The molecule has 0 aromatic carbocycles. The van der Waals surface area contributed by atoms with Gasteiger partial charge in [0.05, 0.1) is 13.0 Å². The number of rotatable bonds is 7. The monoisotopic (exact) mass is 312 g/mol. The summed E-state index contributed by atoms with van der Waals surface area (Å²) in [6, 6.07) is 3.90. The maximum absolute atomic E-state index is 12.7. The number of urea groups is 1. The molecule has 118 valence electrons. The van der Waals surface area contributed by atoms with Crippen molar-refractivity contribution in [3.8, 4) is 0 Å². The Bertz CT molecular complexity index is 457. The predicted molar refractivity (Wildman–Crippen MR) is 84.5 cm³/mol. The van der Waals surface area contributed by atoms with Crippen LogP contribution in [0.4, 0.5) is 4.79 Å². The van der Waals surface area contributed by atoms with E-state index in [9.17, 15) is 9.59 Å². The third-order valence-corrected chi connectivity index (χ3v) is 4.07. The van der Waals surface area contributed by atoms with Crippen LogP contribution in [0.15, 0.2) is 17.5 Å². The Morgan fingerprint density at radius 1 is 1.19 bits per heavy atom. The van der Waals surface area contributed by atoms with E-state index in [0.717, 1.165) is 4.88 Å². The maximum atomic E-state index is 12.7. The molecule has 0 radical (unpaired) electrons. The van der Waals surface area contributed by atoms with Crippen molar-refractivity contribution in [2.75, 3.05) is 6.54 Å². The minimum Gasteiger partial charge on any atom is -0.481 e. The summed E-state index contributed by atoms with van der Waals surface area (Å²) < 4.78 is 0. The van der Waals surface area contributed by atoms with E-state index in [1.54, 1.807) is 21.1 Å². The van der Waals surface area contributed by atoms with Gasteiger partial charge in [-0.1, -0.05) is 6.07 Å². The molecule has 0 unspecified atom stereocenters. The van der Waals surface area contributed by atoms with E-state index in [-0.39, 0.29) is 31.1 Å². The summed E-state index contributed by atoms with van der Waals surface area (Å²) in [5.41, 5.74) is 0. The van der Waals surface area contributed by atoms with E-state index in [0.29, 0.717) is 6.54 Å². The van der Waals surface area contributed by atoms with Crippen LogP contribution in [0.25, 0.3) is 0 Å². The second-order valence-corrected chi connectivity index (χ2v) is 6.55. The lowest BCUT2D eigenvalue weighted by Crippen LogP contribution is -2.49. The molecule has 1 aromatic rings. The number of nitrogens with zero attached hydrogens (tertiary/aromatic N) is 2. The molecule has 2 amide bonds. The Kier molecular flexibility index (Phi) is 6.68. The minimum atomic E-state index is -0.886. The van der Waals surface area contributed by atoms with Crippen LogP contribution in [0.3, 0.4) is 0 Å². The van der Waals surface area contributed by atoms with E-state index >= 15 is 0 Å². The van der Waals surface area contributed by atoms with Crippen molar-refractivity contribution in [1.29, 1.82) is 0 Å². The van der Waals surface area contributed by atoms with Crippen LogP contribution < -0.4 is 0 Å². The van der Waals surface area contributed by atoms with Crippen LogP contribution in [0.2, 0.25) is 0 Å². The molecular formula is C15H24N2O3S. The molecule has 1 heterocycles. The summed E-state index contributed by atoms with van der Waals surface area (Å²) in [6.45, 7) is 8.55. The van der Waals surface area contributed by atoms with Crippen LogP contribution in [-0.2, 0) is 11.3 Å². The molecule has 0 aliphatic carbocycles. The number of carboxylic acid groups (broad SMARTS) is 1. The average Bonchev–Trinajstić information content (AvgIpc) is 2.87. The number of thiophene rings is 1. The Labute approximate surface area is 130 Å². The number of hydrogen-bond donors (Lipinski definition) is 1. The largest absolute Gasteiger partial charge is 0.481 e. The van der Waals surface area contributed by atoms with Crippen LogP contribution in [0.5, 0.6) is 0 Å². The molecule has 0 atom stereocenters. The van der Waals surface area contributed by atoms with Gasteiger partial charge in [-0.15, -0.1) is 11.3 Å². The molecule has 5 nitrogen and oxygen atoms in total. The lowest BCUT2D eigenvalue weighted by atomic mass is 10.2. The van der Waals surface area contributed by atoms with Crippen LogP contribution >= 0.6 is 11.3 Å². The van der Waals surface area contributed by atoms with Gasteiger partial charge in [0, 0.05) is 23.5 Å². The molecular weight excluding hydrogens is 288 g/mol. The van der Waals surface area contributed by atoms with Crippen molar-refractivity contribution in [3.63, 3.8) is 0 Å². The average molecular weight is 312 g/mol. The molecule has 6 heteroatoms. The first-order valence-corrected chi connectivity index (χ1v) is 8.02. The molecule has 1 N–H and O–H groups in total. The van der Waals surface area contributed by atoms with Crippen LogP contribution in [0.1, 0.15) is 39.0 Å². The molecule has 0 aliphatic heterocycles. The standard InChI is InChI=1S/C15H24N2O3S/c1-11(2)16(8-7-14(18)19)15(20)17(12(3)4)10-13-6-5-9-21-13/h5-6,9,11-12H,7-8,10H2,1-4H3,(H,18,19). The Morgan fingerprint density at radius 3 is 2.24 bits per heavy atom. The number of hydrogen-bond acceptors (Lipinski definition) is 3. The Hall–Kier alpha value is -1.56. The van der Waals surface area contributed by atoms with Gasteiger partial charge in [-0.2, -0.15) is 0 Å². The van der Waals surface area contributed by atoms with Crippen molar-refractivity contribution >= 4 is 23.3 Å². The first kappa shape index (κ1) is 17.5. The van der Waals surface area contributed by atoms with Gasteiger partial charge < -0.3 is 14.9 Å². The molecule has 0 saturated heterocycles. The van der Waals surface area contributed by atoms with Crippen molar-refractivity contribution in [3.05, 3.63) is 22.4 Å². The fourth-order valence-corrected chi connectivity index (χ4v) is 2.70. The van der Waals surface area contributed by atoms with Gasteiger partial charge in [0.15, 0.2) is 0 Å². The van der Waals surface area contributed by atoms with Crippen LogP contribution in [-0.4, -0.2) is 45.5 Å². The number of carbonyl (C=O) groups is 2. The second kappa shape index (κ2) is 8.02. The first-order valence-electron chi connectivity index (χ1n) is 7.14. The van der Waals surface area contributed by atoms with Gasteiger partial charge in [0.25, 0.3) is 0 Å². The molecule has 0 bridgehead atoms. The minimum absolute atomic E-state index is 0.0264. The molecule has 1 rings (SSSR count). The summed E-state index contributed by atoms with van der Waals surface area (Å²) >= 11 is 1.62. The summed E-state index contributed by atoms with van der Waals surface area (Å²) in [5.74, 6) is -0.886. The highest BCUT2D eigenvalue weighted by Crippen LogP contribution is 2.17. The highest BCUT2D eigenvalue weighted by atomic mass is 32.1. The molecule has 0 aliphatic rings. The van der Waals surface area contributed by atoms with Gasteiger partial charge in [-0.25, -0.2) is 4.79 Å². The van der Waals surface area contributed by atoms with E-state index in [4.69, 9.17) is 5.11 Å². The number of carbonyl (C=O) groups excluding carboxylic acids is 1. The topological polar surface area (TPSA) is 60.9 Å². The fourth-order valence-electron chi connectivity index (χ4n) is 2.00. The molecule has 1 aromatic heterocycles. The number of aliphatic carboxylic acids is 1. The van der Waals surface area contributed by atoms with Gasteiger partial charge in [0.2, 0.25) is 0 Å². The number of amides is 2. The summed E-state index contributed by atoms with van der Waals surface area (Å²) in [5, 5.41) is 10.8. The SMILES string of the molecule is CC(C)N(CCC(=O)O)C(=O)N(Cc1cccs1)C(C)C. The van der Waals surface area contributed by atoms with E-state index in [2.05, 4.69) is 0 Å². The third-order valence-electron chi connectivity index (χ3n) is 3.21. The highest BCUT2D eigenvalue weighted by Gasteiger charge is 2.25. The zero-order valence-corrected chi connectivity index (χ0v) is 13.9. The van der Waals surface area contributed by atoms with Gasteiger partial charge >= 0.3 is 12.0 Å². The Balaban J connectivity index is 2.82. The van der Waals surface area contributed by atoms with Crippen molar-refractivity contribution in [1.82, 2.24) is 9.80 Å². The summed E-state index contributed by atoms with van der Waals surface area (Å²) in [7, 11) is 0. The first-order chi connectivity index (χ1) is 9.82. The quantitative estimate of drug-likeness (QED) is 0.840. The Morgan fingerprint density at radius 2 is 1.81 bits per heavy atom. The van der Waals surface area contributed by atoms with Crippen molar-refractivity contribution in [2.45, 2.75) is 52.7 Å². The molecule has 0 saturated carbocycles. The van der Waals surface area contributed by atoms with Crippen LogP contribution in [0, 0.1) is 0 Å². The van der Waals surface area contributed by atoms with Gasteiger partial charge in [0.1, 0.15) is 0 Å². The predicted octanol–water partition coefficient (Wildman–Crippen LogP) is 3.26. The third kappa shape index (κ3) is 5.38. The maximum Gasteiger partial charge on any atom is 0.320 e.